The highest BCUT2D eigenvalue weighted by molar-refractivity contribution is 9.10. The maximum absolute atomic E-state index is 9.39. The molecule has 0 bridgehead atoms. The van der Waals surface area contributed by atoms with Gasteiger partial charge in [-0.15, -0.1) is 0 Å². The molecule has 0 aliphatic carbocycles. The first-order chi connectivity index (χ1) is 7.65. The van der Waals surface area contributed by atoms with E-state index in [-0.39, 0.29) is 0 Å². The normalized spacial score (nSPS) is 12.7. The summed E-state index contributed by atoms with van der Waals surface area (Å²) in [4.78, 5) is 0. The summed E-state index contributed by atoms with van der Waals surface area (Å²) in [6, 6.07) is 8.10. The Bertz CT molecular complexity index is 479. The van der Waals surface area contributed by atoms with Crippen LogP contribution in [0.4, 0.5) is 0 Å². The minimum Gasteiger partial charge on any atom is -0.389 e. The van der Waals surface area contributed by atoms with E-state index in [9.17, 15) is 5.11 Å². The summed E-state index contributed by atoms with van der Waals surface area (Å²) < 4.78 is 2.89. The predicted octanol–water partition coefficient (Wildman–Crippen LogP) is 2.75. The number of benzene rings is 1. The van der Waals surface area contributed by atoms with Crippen LogP contribution in [0.5, 0.6) is 0 Å². The minimum atomic E-state index is -0.462. The average Bonchev–Trinajstić information content (AvgIpc) is 2.66. The Labute approximate surface area is 103 Å². The summed E-state index contributed by atoms with van der Waals surface area (Å²) in [5, 5.41) is 13.6. The van der Waals surface area contributed by atoms with E-state index in [0.29, 0.717) is 6.54 Å². The van der Waals surface area contributed by atoms with Crippen molar-refractivity contribution in [2.24, 2.45) is 0 Å². The van der Waals surface area contributed by atoms with E-state index in [1.54, 1.807) is 13.1 Å². The van der Waals surface area contributed by atoms with Crippen LogP contribution < -0.4 is 0 Å². The van der Waals surface area contributed by atoms with Crippen molar-refractivity contribution in [1.82, 2.24) is 9.78 Å². The monoisotopic (exact) mass is 280 g/mol. The molecule has 16 heavy (non-hydrogen) atoms. The third-order valence-corrected chi connectivity index (χ3v) is 2.86. The van der Waals surface area contributed by atoms with E-state index >= 15 is 0 Å². The van der Waals surface area contributed by atoms with Gasteiger partial charge in [-0.1, -0.05) is 28.1 Å². The fourth-order valence-electron chi connectivity index (χ4n) is 1.50. The predicted molar refractivity (Wildman–Crippen MR) is 66.1 cm³/mol. The number of hydrogen-bond donors (Lipinski definition) is 1. The topological polar surface area (TPSA) is 38.1 Å². The summed E-state index contributed by atoms with van der Waals surface area (Å²) in [5.41, 5.74) is 2.02. The third kappa shape index (κ3) is 2.71. The van der Waals surface area contributed by atoms with Crippen LogP contribution >= 0.6 is 15.9 Å². The maximum atomic E-state index is 9.39. The molecule has 0 radical (unpaired) electrons. The highest BCUT2D eigenvalue weighted by Gasteiger charge is 2.04. The second-order valence-electron chi connectivity index (χ2n) is 3.78. The van der Waals surface area contributed by atoms with Crippen LogP contribution in [0.25, 0.3) is 0 Å². The number of aromatic nitrogens is 2. The van der Waals surface area contributed by atoms with Crippen molar-refractivity contribution in [2.45, 2.75) is 19.6 Å². The van der Waals surface area contributed by atoms with Crippen LogP contribution in [0.3, 0.4) is 0 Å². The van der Waals surface area contributed by atoms with Crippen LogP contribution in [0.1, 0.15) is 24.2 Å². The molecule has 0 fully saturated rings. The lowest BCUT2D eigenvalue weighted by molar-refractivity contribution is 0.199. The van der Waals surface area contributed by atoms with E-state index in [4.69, 9.17) is 0 Å². The van der Waals surface area contributed by atoms with Crippen molar-refractivity contribution < 1.29 is 5.11 Å². The Kier molecular flexibility index (Phi) is 3.41. The zero-order chi connectivity index (χ0) is 11.5. The van der Waals surface area contributed by atoms with Gasteiger partial charge >= 0.3 is 0 Å². The number of aliphatic hydroxyl groups is 1. The first-order valence-electron chi connectivity index (χ1n) is 5.10. The molecule has 4 heteroatoms. The second kappa shape index (κ2) is 4.80. The number of halogens is 1. The van der Waals surface area contributed by atoms with E-state index in [0.717, 1.165) is 10.0 Å². The highest BCUT2D eigenvalue weighted by atomic mass is 79.9. The average molecular weight is 281 g/mol. The van der Waals surface area contributed by atoms with E-state index in [1.807, 2.05) is 23.0 Å². The molecule has 3 nitrogen and oxygen atoms in total. The van der Waals surface area contributed by atoms with Gasteiger partial charge in [0.25, 0.3) is 0 Å². The van der Waals surface area contributed by atoms with E-state index in [1.165, 1.54) is 5.56 Å². The lowest BCUT2D eigenvalue weighted by atomic mass is 10.2. The first-order valence-corrected chi connectivity index (χ1v) is 5.89. The van der Waals surface area contributed by atoms with Crippen molar-refractivity contribution >= 4 is 15.9 Å². The van der Waals surface area contributed by atoms with Gasteiger partial charge in [-0.25, -0.2) is 0 Å². The summed E-state index contributed by atoms with van der Waals surface area (Å²) in [7, 11) is 0. The van der Waals surface area contributed by atoms with Crippen LogP contribution in [0, 0.1) is 0 Å². The van der Waals surface area contributed by atoms with Crippen molar-refractivity contribution in [1.29, 1.82) is 0 Å². The summed E-state index contributed by atoms with van der Waals surface area (Å²) in [5.74, 6) is 0. The Morgan fingerprint density at radius 1 is 1.50 bits per heavy atom. The molecule has 0 aliphatic rings. The maximum Gasteiger partial charge on any atom is 0.0792 e. The van der Waals surface area contributed by atoms with Gasteiger partial charge in [-0.05, 0) is 24.6 Å². The Morgan fingerprint density at radius 3 is 2.94 bits per heavy atom. The fourth-order valence-corrected chi connectivity index (χ4v) is 1.95. The van der Waals surface area contributed by atoms with Crippen molar-refractivity contribution in [3.63, 3.8) is 0 Å². The van der Waals surface area contributed by atoms with Crippen LogP contribution in [-0.2, 0) is 6.54 Å². The van der Waals surface area contributed by atoms with Gasteiger partial charge in [0, 0.05) is 16.2 Å². The molecule has 1 unspecified atom stereocenters. The molecule has 0 saturated heterocycles. The largest absolute Gasteiger partial charge is 0.389 e. The quantitative estimate of drug-likeness (QED) is 0.939. The molecule has 1 aromatic heterocycles. The molecule has 1 N–H and O–H groups in total. The van der Waals surface area contributed by atoms with Crippen LogP contribution in [-0.4, -0.2) is 14.9 Å². The molecular weight excluding hydrogens is 268 g/mol. The lowest BCUT2D eigenvalue weighted by Gasteiger charge is -2.02. The van der Waals surface area contributed by atoms with Crippen molar-refractivity contribution in [2.75, 3.05) is 0 Å². The molecule has 0 saturated carbocycles. The first kappa shape index (κ1) is 11.4. The van der Waals surface area contributed by atoms with Gasteiger partial charge in [0.2, 0.25) is 0 Å². The molecule has 1 atom stereocenters. The third-order valence-electron chi connectivity index (χ3n) is 2.37. The Balaban J connectivity index is 2.14. The number of aliphatic hydroxyl groups excluding tert-OH is 1. The standard InChI is InChI=1S/C12H13BrN2O/c1-9(16)11-6-14-15(8-11)7-10-3-2-4-12(13)5-10/h2-6,8-9,16H,7H2,1H3. The zero-order valence-electron chi connectivity index (χ0n) is 8.97. The smallest absolute Gasteiger partial charge is 0.0792 e. The SMILES string of the molecule is CC(O)c1cnn(Cc2cccc(Br)c2)c1. The Morgan fingerprint density at radius 2 is 2.31 bits per heavy atom. The molecule has 0 amide bonds. The number of hydrogen-bond acceptors (Lipinski definition) is 2. The molecule has 1 heterocycles. The van der Waals surface area contributed by atoms with Gasteiger partial charge in [0.15, 0.2) is 0 Å². The minimum absolute atomic E-state index is 0.462. The summed E-state index contributed by atoms with van der Waals surface area (Å²) in [6.45, 7) is 2.45. The molecule has 0 aliphatic heterocycles. The molecular formula is C12H13BrN2O. The van der Waals surface area contributed by atoms with Gasteiger partial charge < -0.3 is 5.11 Å². The molecule has 0 spiro atoms. The van der Waals surface area contributed by atoms with Crippen molar-refractivity contribution in [3.8, 4) is 0 Å². The van der Waals surface area contributed by atoms with Gasteiger partial charge in [-0.2, -0.15) is 5.10 Å². The van der Waals surface area contributed by atoms with E-state index < -0.39 is 6.10 Å². The Hall–Kier alpha value is -1.13. The van der Waals surface area contributed by atoms with Gasteiger partial charge in [0.1, 0.15) is 0 Å². The zero-order valence-corrected chi connectivity index (χ0v) is 10.6. The summed E-state index contributed by atoms with van der Waals surface area (Å²) in [6.07, 6.45) is 3.10. The van der Waals surface area contributed by atoms with E-state index in [2.05, 4.69) is 33.2 Å². The molecule has 2 rings (SSSR count). The molecule has 1 aromatic carbocycles. The van der Waals surface area contributed by atoms with Crippen molar-refractivity contribution in [3.05, 3.63) is 52.3 Å². The number of rotatable bonds is 3. The van der Waals surface area contributed by atoms with Gasteiger partial charge in [0.05, 0.1) is 18.8 Å². The fraction of sp³-hybridized carbons (Fsp3) is 0.250. The summed E-state index contributed by atoms with van der Waals surface area (Å²) >= 11 is 3.43. The van der Waals surface area contributed by atoms with Gasteiger partial charge in [-0.3, -0.25) is 4.68 Å². The van der Waals surface area contributed by atoms with Crippen LogP contribution in [0.15, 0.2) is 41.1 Å². The highest BCUT2D eigenvalue weighted by Crippen LogP contribution is 2.14. The molecule has 2 aromatic rings. The van der Waals surface area contributed by atoms with Crippen LogP contribution in [0.2, 0.25) is 0 Å². The second-order valence-corrected chi connectivity index (χ2v) is 4.69. The lowest BCUT2D eigenvalue weighted by Crippen LogP contribution is -1.99. The molecule has 84 valence electrons. The number of nitrogens with zero attached hydrogens (tertiary/aromatic N) is 2.